The van der Waals surface area contributed by atoms with Gasteiger partial charge >= 0.3 is 12.4 Å². The molecule has 0 radical (unpaired) electrons. The second-order valence-electron chi connectivity index (χ2n) is 10.0. The van der Waals surface area contributed by atoms with Crippen molar-refractivity contribution in [2.75, 3.05) is 13.1 Å². The zero-order valence-corrected chi connectivity index (χ0v) is 20.4. The molecular weight excluding hydrogens is 464 g/mol. The summed E-state index contributed by atoms with van der Waals surface area (Å²) in [5, 5.41) is 0. The highest BCUT2D eigenvalue weighted by Gasteiger charge is 2.56. The summed E-state index contributed by atoms with van der Waals surface area (Å²) in [4.78, 5) is 2.44. The van der Waals surface area contributed by atoms with Gasteiger partial charge in [0.1, 0.15) is 0 Å². The Hall–Kier alpha value is -2.02. The molecule has 0 bridgehead atoms. The Balaban J connectivity index is 1.53. The minimum absolute atomic E-state index is 0.126. The molecule has 0 N–H and O–H groups in total. The van der Waals surface area contributed by atoms with E-state index < -0.39 is 42.9 Å². The topological polar surface area (TPSA) is 3.24 Å². The average molecular weight is 500 g/mol. The first-order valence-electron chi connectivity index (χ1n) is 12.5. The third-order valence-corrected chi connectivity index (χ3v) is 7.31. The van der Waals surface area contributed by atoms with Crippen LogP contribution in [0.15, 0.2) is 54.6 Å². The number of nitrogens with zero attached hydrogens (tertiary/aromatic N) is 1. The lowest BCUT2D eigenvalue weighted by Crippen LogP contribution is -2.42. The quantitative estimate of drug-likeness (QED) is 0.314. The standard InChI is InChI=1S/C28H35F6N/c1-20(2)35(18-16-21-7-4-3-5-8-21)17-6-9-22-10-12-23(13-11-22)24-14-15-25(27(29,30)31)26(19-24)28(32,33)34/h3-5,7-8,10-13,20,24-26H,6,9,14-19H2,1-2H3. The monoisotopic (exact) mass is 499 g/mol. The minimum atomic E-state index is -4.85. The van der Waals surface area contributed by atoms with E-state index in [-0.39, 0.29) is 6.42 Å². The summed E-state index contributed by atoms with van der Waals surface area (Å²) in [6.45, 7) is 6.28. The van der Waals surface area contributed by atoms with Crippen LogP contribution >= 0.6 is 0 Å². The number of hydrogen-bond donors (Lipinski definition) is 0. The largest absolute Gasteiger partial charge is 0.392 e. The van der Waals surface area contributed by atoms with Crippen LogP contribution in [-0.4, -0.2) is 36.4 Å². The van der Waals surface area contributed by atoms with E-state index in [0.717, 1.165) is 37.9 Å². The molecule has 1 nitrogen and oxygen atoms in total. The van der Waals surface area contributed by atoms with Crippen molar-refractivity contribution < 1.29 is 26.3 Å². The van der Waals surface area contributed by atoms with Crippen LogP contribution in [-0.2, 0) is 12.8 Å². The second-order valence-corrected chi connectivity index (χ2v) is 10.0. The molecule has 3 atom stereocenters. The zero-order chi connectivity index (χ0) is 25.6. The molecule has 1 fully saturated rings. The Bertz CT molecular complexity index is 888. The van der Waals surface area contributed by atoms with Crippen molar-refractivity contribution in [3.05, 3.63) is 71.3 Å². The SMILES string of the molecule is CC(C)N(CCCc1ccc(C2CCC(C(F)(F)F)C(C(F)(F)F)C2)cc1)CCc1ccccc1. The van der Waals surface area contributed by atoms with Gasteiger partial charge in [0.25, 0.3) is 0 Å². The molecule has 0 amide bonds. The van der Waals surface area contributed by atoms with Crippen LogP contribution in [0.5, 0.6) is 0 Å². The maximum atomic E-state index is 13.4. The molecule has 1 saturated carbocycles. The van der Waals surface area contributed by atoms with Crippen LogP contribution in [0, 0.1) is 11.8 Å². The lowest BCUT2D eigenvalue weighted by atomic mass is 9.71. The van der Waals surface area contributed by atoms with Gasteiger partial charge in [-0.05, 0) is 81.5 Å². The van der Waals surface area contributed by atoms with Gasteiger partial charge in [0, 0.05) is 12.6 Å². The van der Waals surface area contributed by atoms with Crippen molar-refractivity contribution in [2.24, 2.45) is 11.8 Å². The van der Waals surface area contributed by atoms with Crippen LogP contribution in [0.25, 0.3) is 0 Å². The molecule has 0 spiro atoms. The van der Waals surface area contributed by atoms with E-state index in [0.29, 0.717) is 11.6 Å². The predicted molar refractivity (Wildman–Crippen MR) is 127 cm³/mol. The maximum Gasteiger partial charge on any atom is 0.392 e. The number of aryl methyl sites for hydroxylation is 1. The number of alkyl halides is 6. The van der Waals surface area contributed by atoms with E-state index >= 15 is 0 Å². The molecule has 2 aromatic carbocycles. The second kappa shape index (κ2) is 11.8. The van der Waals surface area contributed by atoms with Gasteiger partial charge in [0.2, 0.25) is 0 Å². The first kappa shape index (κ1) is 27.6. The first-order chi connectivity index (χ1) is 16.4. The lowest BCUT2D eigenvalue weighted by Gasteiger charge is -2.38. The van der Waals surface area contributed by atoms with Gasteiger partial charge in [-0.25, -0.2) is 0 Å². The molecule has 1 aliphatic rings. The highest BCUT2D eigenvalue weighted by molar-refractivity contribution is 5.26. The summed E-state index contributed by atoms with van der Waals surface area (Å²) in [6, 6.07) is 18.2. The smallest absolute Gasteiger partial charge is 0.301 e. The van der Waals surface area contributed by atoms with Crippen LogP contribution < -0.4 is 0 Å². The summed E-state index contributed by atoms with van der Waals surface area (Å²) in [5.41, 5.74) is 3.11. The van der Waals surface area contributed by atoms with E-state index in [2.05, 4.69) is 30.9 Å². The normalized spacial score (nSPS) is 21.6. The van der Waals surface area contributed by atoms with Gasteiger partial charge in [-0.1, -0.05) is 54.6 Å². The van der Waals surface area contributed by atoms with Crippen molar-refractivity contribution in [3.8, 4) is 0 Å². The van der Waals surface area contributed by atoms with Gasteiger partial charge in [-0.3, -0.25) is 0 Å². The van der Waals surface area contributed by atoms with Crippen LogP contribution in [0.2, 0.25) is 0 Å². The molecule has 35 heavy (non-hydrogen) atoms. The fraction of sp³-hybridized carbons (Fsp3) is 0.571. The van der Waals surface area contributed by atoms with Crippen molar-refractivity contribution in [1.29, 1.82) is 0 Å². The molecule has 0 aromatic heterocycles. The molecule has 3 unspecified atom stereocenters. The zero-order valence-electron chi connectivity index (χ0n) is 20.4. The molecular formula is C28H35F6N. The van der Waals surface area contributed by atoms with E-state index in [9.17, 15) is 26.3 Å². The van der Waals surface area contributed by atoms with E-state index in [1.165, 1.54) is 5.56 Å². The fourth-order valence-corrected chi connectivity index (χ4v) is 5.22. The maximum absolute atomic E-state index is 13.4. The molecule has 0 saturated heterocycles. The molecule has 2 aromatic rings. The molecule has 0 heterocycles. The van der Waals surface area contributed by atoms with Crippen molar-refractivity contribution >= 4 is 0 Å². The van der Waals surface area contributed by atoms with Crippen LogP contribution in [0.4, 0.5) is 26.3 Å². The summed E-state index contributed by atoms with van der Waals surface area (Å²) < 4.78 is 79.6. The van der Waals surface area contributed by atoms with E-state index in [4.69, 9.17) is 0 Å². The first-order valence-corrected chi connectivity index (χ1v) is 12.5. The van der Waals surface area contributed by atoms with Crippen molar-refractivity contribution in [1.82, 2.24) is 4.90 Å². The third-order valence-electron chi connectivity index (χ3n) is 7.31. The summed E-state index contributed by atoms with van der Waals surface area (Å²) in [7, 11) is 0. The number of hydrogen-bond acceptors (Lipinski definition) is 1. The van der Waals surface area contributed by atoms with Gasteiger partial charge in [-0.2, -0.15) is 26.3 Å². The number of rotatable bonds is 9. The summed E-state index contributed by atoms with van der Waals surface area (Å²) >= 11 is 0. The van der Waals surface area contributed by atoms with E-state index in [1.807, 2.05) is 30.3 Å². The minimum Gasteiger partial charge on any atom is -0.301 e. The van der Waals surface area contributed by atoms with Crippen molar-refractivity contribution in [2.45, 2.75) is 76.7 Å². The third kappa shape index (κ3) is 7.99. The Morgan fingerprint density at radius 2 is 1.34 bits per heavy atom. The molecule has 0 aliphatic heterocycles. The van der Waals surface area contributed by atoms with Crippen molar-refractivity contribution in [3.63, 3.8) is 0 Å². The summed E-state index contributed by atoms with van der Waals surface area (Å²) in [5.74, 6) is -5.13. The molecule has 7 heteroatoms. The van der Waals surface area contributed by atoms with E-state index in [1.54, 1.807) is 12.1 Å². The Morgan fingerprint density at radius 3 is 1.91 bits per heavy atom. The number of halogens is 6. The van der Waals surface area contributed by atoms with Gasteiger partial charge in [0.15, 0.2) is 0 Å². The highest BCUT2D eigenvalue weighted by atomic mass is 19.4. The molecule has 3 rings (SSSR count). The van der Waals surface area contributed by atoms with Crippen LogP contribution in [0.3, 0.4) is 0 Å². The van der Waals surface area contributed by atoms with Gasteiger partial charge in [-0.15, -0.1) is 0 Å². The Labute approximate surface area is 204 Å². The Morgan fingerprint density at radius 1 is 0.743 bits per heavy atom. The predicted octanol–water partition coefficient (Wildman–Crippen LogP) is 8.20. The average Bonchev–Trinajstić information content (AvgIpc) is 2.80. The van der Waals surface area contributed by atoms with Gasteiger partial charge in [0.05, 0.1) is 11.8 Å². The summed E-state index contributed by atoms with van der Waals surface area (Å²) in [6.07, 6.45) is -7.72. The fourth-order valence-electron chi connectivity index (χ4n) is 5.22. The van der Waals surface area contributed by atoms with Crippen LogP contribution in [0.1, 0.15) is 62.1 Å². The molecule has 1 aliphatic carbocycles. The molecule has 194 valence electrons. The lowest BCUT2D eigenvalue weighted by molar-refractivity contribution is -0.263. The Kier molecular flexibility index (Phi) is 9.30. The number of benzene rings is 2. The highest BCUT2D eigenvalue weighted by Crippen LogP contribution is 2.52. The van der Waals surface area contributed by atoms with Gasteiger partial charge < -0.3 is 4.90 Å².